The Morgan fingerprint density at radius 2 is 1.96 bits per heavy atom. The van der Waals surface area contributed by atoms with Crippen molar-refractivity contribution in [2.24, 2.45) is 0 Å². The van der Waals surface area contributed by atoms with Gasteiger partial charge in [-0.25, -0.2) is 4.39 Å². The van der Waals surface area contributed by atoms with Crippen LogP contribution in [0.15, 0.2) is 42.5 Å². The zero-order chi connectivity index (χ0) is 16.8. The number of carbonyl (C=O) groups is 1. The fourth-order valence-corrected chi connectivity index (χ4v) is 1.92. The fourth-order valence-electron chi connectivity index (χ4n) is 1.92. The van der Waals surface area contributed by atoms with Crippen molar-refractivity contribution < 1.29 is 18.7 Å². The van der Waals surface area contributed by atoms with Gasteiger partial charge in [-0.3, -0.25) is 4.79 Å². The number of nitrogen functional groups attached to an aromatic ring is 1. The van der Waals surface area contributed by atoms with Crippen LogP contribution in [-0.2, 0) is 4.79 Å². The monoisotopic (exact) mass is 316 g/mol. The molecule has 0 fully saturated rings. The molecule has 0 radical (unpaired) electrons. The number of nitrogens with two attached hydrogens (primary N) is 1. The minimum absolute atomic E-state index is 0.0275. The van der Waals surface area contributed by atoms with Crippen LogP contribution in [0.2, 0.25) is 0 Å². The number of benzene rings is 2. The second-order valence-electron chi connectivity index (χ2n) is 4.67. The summed E-state index contributed by atoms with van der Waals surface area (Å²) in [6.45, 7) is 0. The van der Waals surface area contributed by atoms with Gasteiger partial charge in [0.25, 0.3) is 0 Å². The predicted octanol–water partition coefficient (Wildman–Crippen LogP) is 3.08. The Bertz CT molecular complexity index is 745. The van der Waals surface area contributed by atoms with Gasteiger partial charge >= 0.3 is 0 Å². The molecule has 6 heteroatoms. The summed E-state index contributed by atoms with van der Waals surface area (Å²) in [6.07, 6.45) is 2.91. The highest BCUT2D eigenvalue weighted by Crippen LogP contribution is 2.25. The molecule has 0 aliphatic heterocycles. The summed E-state index contributed by atoms with van der Waals surface area (Å²) in [7, 11) is 3.09. The first kappa shape index (κ1) is 16.4. The van der Waals surface area contributed by atoms with E-state index in [1.807, 2.05) is 0 Å². The molecular weight excluding hydrogens is 299 g/mol. The van der Waals surface area contributed by atoms with Gasteiger partial charge < -0.3 is 20.5 Å². The van der Waals surface area contributed by atoms with Crippen LogP contribution in [0.3, 0.4) is 0 Å². The van der Waals surface area contributed by atoms with E-state index in [-0.39, 0.29) is 5.69 Å². The maximum atomic E-state index is 13.3. The van der Waals surface area contributed by atoms with Crippen LogP contribution in [0.1, 0.15) is 5.56 Å². The van der Waals surface area contributed by atoms with E-state index in [0.29, 0.717) is 22.7 Å². The largest absolute Gasteiger partial charge is 0.497 e. The molecule has 0 aromatic heterocycles. The molecule has 0 saturated carbocycles. The van der Waals surface area contributed by atoms with E-state index in [1.54, 1.807) is 31.4 Å². The van der Waals surface area contributed by atoms with Crippen LogP contribution in [0.5, 0.6) is 11.5 Å². The van der Waals surface area contributed by atoms with Gasteiger partial charge in [-0.2, -0.15) is 0 Å². The molecule has 0 atom stereocenters. The van der Waals surface area contributed by atoms with E-state index in [4.69, 9.17) is 15.2 Å². The molecule has 23 heavy (non-hydrogen) atoms. The molecule has 2 rings (SSSR count). The lowest BCUT2D eigenvalue weighted by Crippen LogP contribution is -2.08. The zero-order valence-electron chi connectivity index (χ0n) is 12.8. The normalized spacial score (nSPS) is 10.6. The second kappa shape index (κ2) is 7.31. The Kier molecular flexibility index (Phi) is 5.19. The molecular formula is C17H17FN2O3. The Hall–Kier alpha value is -3.02. The van der Waals surface area contributed by atoms with E-state index in [2.05, 4.69) is 5.32 Å². The highest BCUT2D eigenvalue weighted by atomic mass is 19.1. The quantitative estimate of drug-likeness (QED) is 0.657. The smallest absolute Gasteiger partial charge is 0.248 e. The number of hydrogen-bond donors (Lipinski definition) is 2. The predicted molar refractivity (Wildman–Crippen MR) is 88.0 cm³/mol. The SMILES string of the molecule is COc1ccc(OC)c(/C=C/C(=O)Nc2ccc(N)c(F)c2)c1. The van der Waals surface area contributed by atoms with Crippen molar-refractivity contribution in [3.05, 3.63) is 53.9 Å². The van der Waals surface area contributed by atoms with Crippen molar-refractivity contribution in [2.75, 3.05) is 25.3 Å². The Morgan fingerprint density at radius 1 is 1.17 bits per heavy atom. The lowest BCUT2D eigenvalue weighted by molar-refractivity contribution is -0.111. The van der Waals surface area contributed by atoms with Crippen LogP contribution in [0, 0.1) is 5.82 Å². The molecule has 120 valence electrons. The van der Waals surface area contributed by atoms with E-state index in [1.165, 1.54) is 25.3 Å². The molecule has 0 spiro atoms. The topological polar surface area (TPSA) is 73.6 Å². The molecule has 1 amide bonds. The molecule has 0 aliphatic carbocycles. The molecule has 0 heterocycles. The van der Waals surface area contributed by atoms with Gasteiger partial charge in [0.2, 0.25) is 5.91 Å². The highest BCUT2D eigenvalue weighted by molar-refractivity contribution is 6.02. The molecule has 5 nitrogen and oxygen atoms in total. The number of carbonyl (C=O) groups excluding carboxylic acids is 1. The summed E-state index contributed by atoms with van der Waals surface area (Å²) in [5.41, 5.74) is 6.42. The molecule has 0 aliphatic rings. The summed E-state index contributed by atoms with van der Waals surface area (Å²) >= 11 is 0. The second-order valence-corrected chi connectivity index (χ2v) is 4.67. The van der Waals surface area contributed by atoms with Crippen LogP contribution in [-0.4, -0.2) is 20.1 Å². The third-order valence-corrected chi connectivity index (χ3v) is 3.12. The molecule has 0 saturated heterocycles. The Balaban J connectivity index is 2.13. The van der Waals surface area contributed by atoms with Crippen molar-refractivity contribution in [1.29, 1.82) is 0 Å². The molecule has 0 bridgehead atoms. The fraction of sp³-hybridized carbons (Fsp3) is 0.118. The van der Waals surface area contributed by atoms with Crippen molar-refractivity contribution in [2.45, 2.75) is 0 Å². The van der Waals surface area contributed by atoms with E-state index < -0.39 is 11.7 Å². The molecule has 2 aromatic rings. The first-order chi connectivity index (χ1) is 11.0. The maximum absolute atomic E-state index is 13.3. The van der Waals surface area contributed by atoms with Crippen LogP contribution < -0.4 is 20.5 Å². The standard InChI is InChI=1S/C17H17FN2O3/c1-22-13-5-7-16(23-2)11(9-13)3-8-17(21)20-12-4-6-15(19)14(18)10-12/h3-10H,19H2,1-2H3,(H,20,21)/b8-3+. The average molecular weight is 316 g/mol. The van der Waals surface area contributed by atoms with E-state index >= 15 is 0 Å². The van der Waals surface area contributed by atoms with E-state index in [9.17, 15) is 9.18 Å². The number of methoxy groups -OCH3 is 2. The third kappa shape index (κ3) is 4.23. The Morgan fingerprint density at radius 3 is 2.61 bits per heavy atom. The van der Waals surface area contributed by atoms with Gasteiger partial charge in [-0.1, -0.05) is 0 Å². The van der Waals surface area contributed by atoms with Gasteiger partial charge in [0.1, 0.15) is 17.3 Å². The van der Waals surface area contributed by atoms with E-state index in [0.717, 1.165) is 6.07 Å². The zero-order valence-corrected chi connectivity index (χ0v) is 12.8. The van der Waals surface area contributed by atoms with Crippen LogP contribution in [0.4, 0.5) is 15.8 Å². The summed E-state index contributed by atoms with van der Waals surface area (Å²) < 4.78 is 23.7. The molecule has 0 unspecified atom stereocenters. The van der Waals surface area contributed by atoms with Crippen molar-refractivity contribution in [3.8, 4) is 11.5 Å². The maximum Gasteiger partial charge on any atom is 0.248 e. The molecule has 2 aromatic carbocycles. The van der Waals surface area contributed by atoms with Gasteiger partial charge in [0.15, 0.2) is 0 Å². The third-order valence-electron chi connectivity index (χ3n) is 3.12. The summed E-state index contributed by atoms with van der Waals surface area (Å²) in [4.78, 5) is 11.9. The number of halogens is 1. The lowest BCUT2D eigenvalue weighted by Gasteiger charge is -2.07. The van der Waals surface area contributed by atoms with Crippen molar-refractivity contribution in [1.82, 2.24) is 0 Å². The Labute approximate surface area is 133 Å². The number of anilines is 2. The van der Waals surface area contributed by atoms with Crippen molar-refractivity contribution in [3.63, 3.8) is 0 Å². The summed E-state index contributed by atoms with van der Waals surface area (Å²) in [5, 5.41) is 2.55. The van der Waals surface area contributed by atoms with Crippen molar-refractivity contribution >= 4 is 23.4 Å². The minimum Gasteiger partial charge on any atom is -0.497 e. The van der Waals surface area contributed by atoms with Gasteiger partial charge in [0.05, 0.1) is 19.9 Å². The van der Waals surface area contributed by atoms with Crippen LogP contribution >= 0.6 is 0 Å². The number of amides is 1. The van der Waals surface area contributed by atoms with Gasteiger partial charge in [0, 0.05) is 17.3 Å². The minimum atomic E-state index is -0.582. The number of ether oxygens (including phenoxy) is 2. The number of rotatable bonds is 5. The molecule has 3 N–H and O–H groups in total. The lowest BCUT2D eigenvalue weighted by atomic mass is 10.1. The highest BCUT2D eigenvalue weighted by Gasteiger charge is 2.05. The first-order valence-electron chi connectivity index (χ1n) is 6.79. The summed E-state index contributed by atoms with van der Waals surface area (Å²) in [5.74, 6) is 0.264. The summed E-state index contributed by atoms with van der Waals surface area (Å²) in [6, 6.07) is 9.31. The van der Waals surface area contributed by atoms with Gasteiger partial charge in [-0.05, 0) is 42.5 Å². The average Bonchev–Trinajstić information content (AvgIpc) is 2.56. The first-order valence-corrected chi connectivity index (χ1v) is 6.79. The number of hydrogen-bond acceptors (Lipinski definition) is 4. The number of nitrogens with one attached hydrogen (secondary N) is 1. The van der Waals surface area contributed by atoms with Crippen LogP contribution in [0.25, 0.3) is 6.08 Å². The van der Waals surface area contributed by atoms with Gasteiger partial charge in [-0.15, -0.1) is 0 Å².